The largest absolute Gasteiger partial charge is 0.484 e. The number of nitrogens with one attached hydrogen (secondary N) is 2. The van der Waals surface area contributed by atoms with Crippen LogP contribution in [0.25, 0.3) is 0 Å². The van der Waals surface area contributed by atoms with Gasteiger partial charge in [0.15, 0.2) is 12.7 Å². The molecule has 1 aliphatic heterocycles. The molecule has 1 atom stereocenters. The van der Waals surface area contributed by atoms with Gasteiger partial charge in [0.1, 0.15) is 11.5 Å². The summed E-state index contributed by atoms with van der Waals surface area (Å²) in [6.07, 6.45) is 1.81. The van der Waals surface area contributed by atoms with Crippen LogP contribution >= 0.6 is 11.8 Å². The Balaban J connectivity index is 1.48. The topological polar surface area (TPSA) is 97.0 Å². The maximum Gasteiger partial charge on any atom is 0.267 e. The summed E-state index contributed by atoms with van der Waals surface area (Å²) in [4.78, 5) is 39.5. The highest BCUT2D eigenvalue weighted by Crippen LogP contribution is 2.35. The molecule has 0 aliphatic carbocycles. The monoisotopic (exact) mass is 525 g/mol. The Bertz CT molecular complexity index is 1170. The Kier molecular flexibility index (Phi) is 10.0. The average Bonchev–Trinajstić information content (AvgIpc) is 2.87. The van der Waals surface area contributed by atoms with Crippen LogP contribution in [0.2, 0.25) is 0 Å². The third-order valence-corrected chi connectivity index (χ3v) is 6.65. The van der Waals surface area contributed by atoms with Crippen molar-refractivity contribution in [2.75, 3.05) is 36.6 Å². The highest BCUT2D eigenvalue weighted by Gasteiger charge is 2.33. The number of hydrogen-bond acceptors (Lipinski definition) is 6. The van der Waals surface area contributed by atoms with Crippen molar-refractivity contribution >= 4 is 35.2 Å². The fourth-order valence-corrected chi connectivity index (χ4v) is 4.14. The van der Waals surface area contributed by atoms with Gasteiger partial charge in [0.05, 0.1) is 12.2 Å². The normalized spacial score (nSPS) is 14.3. The summed E-state index contributed by atoms with van der Waals surface area (Å²) in [6, 6.07) is 11.2. The second kappa shape index (κ2) is 13.2. The van der Waals surface area contributed by atoms with Crippen LogP contribution in [0.15, 0.2) is 48.7 Å². The van der Waals surface area contributed by atoms with Gasteiger partial charge in [-0.05, 0) is 68.0 Å². The lowest BCUT2D eigenvalue weighted by Crippen LogP contribution is -2.50. The lowest BCUT2D eigenvalue weighted by molar-refractivity contribution is -0.127. The Labute approximate surface area is 222 Å². The molecule has 2 aromatic rings. The number of carbonyl (C=O) groups is 3. The number of carbonyl (C=O) groups excluding carboxylic acids is 3. The fourth-order valence-electron chi connectivity index (χ4n) is 3.76. The summed E-state index contributed by atoms with van der Waals surface area (Å²) in [5.41, 5.74) is 4.38. The maximum absolute atomic E-state index is 12.9. The molecule has 1 heterocycles. The third-order valence-electron chi connectivity index (χ3n) is 6.03. The van der Waals surface area contributed by atoms with E-state index in [1.807, 2.05) is 57.4 Å². The molecular formula is C28H35N3O5S. The summed E-state index contributed by atoms with van der Waals surface area (Å²) in [5.74, 6) is 1.14. The number of rotatable bonds is 11. The molecule has 1 unspecified atom stereocenters. The molecule has 8 nitrogen and oxygen atoms in total. The molecule has 2 aromatic carbocycles. The molecule has 0 saturated carbocycles. The molecule has 3 amide bonds. The summed E-state index contributed by atoms with van der Waals surface area (Å²) >= 11 is 1.60. The van der Waals surface area contributed by atoms with E-state index in [-0.39, 0.29) is 30.9 Å². The van der Waals surface area contributed by atoms with E-state index in [1.54, 1.807) is 22.7 Å². The van der Waals surface area contributed by atoms with Crippen LogP contribution in [-0.4, -0.2) is 55.5 Å². The quantitative estimate of drug-likeness (QED) is 0.465. The first-order valence-electron chi connectivity index (χ1n) is 12.2. The van der Waals surface area contributed by atoms with Crippen molar-refractivity contribution in [2.24, 2.45) is 0 Å². The highest BCUT2D eigenvalue weighted by molar-refractivity contribution is 7.98. The van der Waals surface area contributed by atoms with Crippen molar-refractivity contribution in [3.8, 4) is 11.5 Å². The van der Waals surface area contributed by atoms with Crippen molar-refractivity contribution in [1.82, 2.24) is 10.6 Å². The van der Waals surface area contributed by atoms with E-state index < -0.39 is 6.10 Å². The lowest BCUT2D eigenvalue weighted by atomic mass is 10.1. The number of amides is 3. The van der Waals surface area contributed by atoms with Gasteiger partial charge in [0.25, 0.3) is 11.8 Å². The van der Waals surface area contributed by atoms with E-state index >= 15 is 0 Å². The predicted molar refractivity (Wildman–Crippen MR) is 147 cm³/mol. The van der Waals surface area contributed by atoms with E-state index in [4.69, 9.17) is 9.47 Å². The van der Waals surface area contributed by atoms with Crippen LogP contribution in [0, 0.1) is 20.8 Å². The summed E-state index contributed by atoms with van der Waals surface area (Å²) in [6.45, 7) is 10.2. The van der Waals surface area contributed by atoms with Crippen LogP contribution in [-0.2, 0) is 14.4 Å². The zero-order chi connectivity index (χ0) is 26.9. The van der Waals surface area contributed by atoms with E-state index in [0.29, 0.717) is 48.0 Å². The first kappa shape index (κ1) is 28.1. The zero-order valence-electron chi connectivity index (χ0n) is 21.9. The molecule has 0 bridgehead atoms. The van der Waals surface area contributed by atoms with Crippen LogP contribution < -0.4 is 25.0 Å². The van der Waals surface area contributed by atoms with Crippen molar-refractivity contribution in [3.63, 3.8) is 0 Å². The van der Waals surface area contributed by atoms with E-state index in [9.17, 15) is 14.4 Å². The Hall–Kier alpha value is -3.46. The smallest absolute Gasteiger partial charge is 0.267 e. The molecule has 0 radical (unpaired) electrons. The number of anilines is 1. The summed E-state index contributed by atoms with van der Waals surface area (Å²) < 4.78 is 11.5. The van der Waals surface area contributed by atoms with Crippen LogP contribution in [0.1, 0.15) is 29.5 Å². The minimum absolute atomic E-state index is 0.0492. The lowest BCUT2D eigenvalue weighted by Gasteiger charge is -2.34. The van der Waals surface area contributed by atoms with Crippen LogP contribution in [0.5, 0.6) is 11.5 Å². The van der Waals surface area contributed by atoms with Crippen LogP contribution in [0.3, 0.4) is 0 Å². The maximum atomic E-state index is 12.9. The first-order chi connectivity index (χ1) is 17.7. The number of hydrogen-bond donors (Lipinski definition) is 2. The molecule has 0 saturated heterocycles. The zero-order valence-corrected chi connectivity index (χ0v) is 22.7. The number of benzene rings is 2. The van der Waals surface area contributed by atoms with E-state index in [0.717, 1.165) is 16.7 Å². The minimum atomic E-state index is -0.869. The number of nitrogens with zero attached hydrogens (tertiary/aromatic N) is 1. The first-order valence-corrected chi connectivity index (χ1v) is 13.6. The number of aryl methyl sites for hydroxylation is 3. The molecule has 198 valence electrons. The minimum Gasteiger partial charge on any atom is -0.484 e. The van der Waals surface area contributed by atoms with Gasteiger partial charge in [-0.2, -0.15) is 11.8 Å². The molecule has 9 heteroatoms. The third kappa shape index (κ3) is 8.01. The van der Waals surface area contributed by atoms with Gasteiger partial charge in [-0.25, -0.2) is 0 Å². The van der Waals surface area contributed by atoms with Gasteiger partial charge in [-0.15, -0.1) is 0 Å². The van der Waals surface area contributed by atoms with E-state index in [1.165, 1.54) is 0 Å². The summed E-state index contributed by atoms with van der Waals surface area (Å²) in [5, 5.41) is 5.51. The van der Waals surface area contributed by atoms with Gasteiger partial charge in [-0.3, -0.25) is 14.4 Å². The average molecular weight is 526 g/mol. The van der Waals surface area contributed by atoms with Gasteiger partial charge in [0, 0.05) is 30.8 Å². The number of ether oxygens (including phenoxy) is 2. The van der Waals surface area contributed by atoms with Gasteiger partial charge < -0.3 is 25.0 Å². The van der Waals surface area contributed by atoms with Crippen LogP contribution in [0.4, 0.5) is 5.69 Å². The molecule has 2 N–H and O–H groups in total. The molecule has 0 spiro atoms. The molecule has 37 heavy (non-hydrogen) atoms. The molecule has 1 aliphatic rings. The highest BCUT2D eigenvalue weighted by atomic mass is 32.2. The predicted octanol–water partition coefficient (Wildman–Crippen LogP) is 3.67. The molecule has 0 fully saturated rings. The van der Waals surface area contributed by atoms with Crippen molar-refractivity contribution in [3.05, 3.63) is 65.4 Å². The van der Waals surface area contributed by atoms with Crippen molar-refractivity contribution < 1.29 is 23.9 Å². The molecule has 0 aromatic heterocycles. The molecule has 3 rings (SSSR count). The van der Waals surface area contributed by atoms with Crippen molar-refractivity contribution in [2.45, 2.75) is 39.7 Å². The molecular weight excluding hydrogens is 490 g/mol. The van der Waals surface area contributed by atoms with Gasteiger partial charge >= 0.3 is 0 Å². The van der Waals surface area contributed by atoms with Crippen molar-refractivity contribution in [1.29, 1.82) is 0 Å². The van der Waals surface area contributed by atoms with E-state index in [2.05, 4.69) is 17.2 Å². The van der Waals surface area contributed by atoms with Gasteiger partial charge in [-0.1, -0.05) is 18.7 Å². The Morgan fingerprint density at radius 3 is 2.62 bits per heavy atom. The second-order valence-corrected chi connectivity index (χ2v) is 10.0. The Morgan fingerprint density at radius 1 is 1.11 bits per heavy atom. The second-order valence-electron chi connectivity index (χ2n) is 9.05. The fraction of sp³-hybridized carbons (Fsp3) is 0.393. The van der Waals surface area contributed by atoms with Gasteiger partial charge in [0.2, 0.25) is 5.91 Å². The standard InChI is InChI=1S/C28H35N3O5S/c1-18-6-9-24-23(14-18)31(27(33)11-13-37-5)16-25(36-24)28(34)30-21(4)10-12-29-26(32)17-35-22-8-7-19(2)20(3)15-22/h6-9,14-15,25H,4,10-13,16-17H2,1-3,5H3,(H,29,32)(H,30,34). The number of thioether (sulfide) groups is 1. The Morgan fingerprint density at radius 2 is 1.89 bits per heavy atom. The summed E-state index contributed by atoms with van der Waals surface area (Å²) in [7, 11) is 0. The SMILES string of the molecule is C=C(CCNC(=O)COc1ccc(C)c(C)c1)NC(=O)C1CN(C(=O)CCSC)c2cc(C)ccc2O1. The number of fused-ring (bicyclic) bond motifs is 1.